The van der Waals surface area contributed by atoms with Crippen molar-refractivity contribution in [1.82, 2.24) is 10.2 Å². The van der Waals surface area contributed by atoms with Crippen molar-refractivity contribution in [1.29, 1.82) is 0 Å². The molecule has 110 valence electrons. The second kappa shape index (κ2) is 7.53. The van der Waals surface area contributed by atoms with Crippen LogP contribution in [0.2, 0.25) is 0 Å². The molecule has 1 aliphatic heterocycles. The molecule has 1 N–H and O–H groups in total. The predicted octanol–water partition coefficient (Wildman–Crippen LogP) is 3.04. The minimum Gasteiger partial charge on any atom is -0.464 e. The summed E-state index contributed by atoms with van der Waals surface area (Å²) in [6.45, 7) is 6.70. The Bertz CT molecular complexity index is 373. The molecule has 1 saturated heterocycles. The number of hydrogen-bond acceptors (Lipinski definition) is 3. The van der Waals surface area contributed by atoms with Gasteiger partial charge < -0.3 is 9.73 Å². The van der Waals surface area contributed by atoms with Crippen LogP contribution in [0.4, 0.5) is 0 Å². The van der Waals surface area contributed by atoms with Crippen molar-refractivity contribution in [3.63, 3.8) is 0 Å². The summed E-state index contributed by atoms with van der Waals surface area (Å²) in [6.07, 6.45) is 3.74. The van der Waals surface area contributed by atoms with E-state index in [4.69, 9.17) is 4.42 Å². The van der Waals surface area contributed by atoms with Gasteiger partial charge in [0.25, 0.3) is 0 Å². The zero-order valence-electron chi connectivity index (χ0n) is 11.4. The van der Waals surface area contributed by atoms with Gasteiger partial charge in [0.1, 0.15) is 11.5 Å². The van der Waals surface area contributed by atoms with Crippen molar-refractivity contribution < 1.29 is 4.42 Å². The van der Waals surface area contributed by atoms with Crippen LogP contribution in [0.15, 0.2) is 16.5 Å². The van der Waals surface area contributed by atoms with E-state index in [-0.39, 0.29) is 24.8 Å². The number of rotatable bonds is 4. The predicted molar refractivity (Wildman–Crippen MR) is 82.5 cm³/mol. The summed E-state index contributed by atoms with van der Waals surface area (Å²) >= 11 is 0. The molecular formula is C14H24Cl2N2O. The van der Waals surface area contributed by atoms with Crippen molar-refractivity contribution in [2.24, 2.45) is 5.92 Å². The zero-order valence-corrected chi connectivity index (χ0v) is 13.1. The number of hydrogen-bond donors (Lipinski definition) is 1. The smallest absolute Gasteiger partial charge is 0.121 e. The molecule has 0 bridgehead atoms. The minimum absolute atomic E-state index is 0. The summed E-state index contributed by atoms with van der Waals surface area (Å²) in [7, 11) is 0. The second-order valence-corrected chi connectivity index (χ2v) is 5.23. The molecule has 5 heteroatoms. The Labute approximate surface area is 127 Å². The van der Waals surface area contributed by atoms with Crippen molar-refractivity contribution >= 4 is 24.8 Å². The molecule has 0 aromatic carbocycles. The van der Waals surface area contributed by atoms with E-state index in [2.05, 4.69) is 29.3 Å². The molecule has 1 aromatic heterocycles. The topological polar surface area (TPSA) is 28.4 Å². The summed E-state index contributed by atoms with van der Waals surface area (Å²) in [5.41, 5.74) is 0. The van der Waals surface area contributed by atoms with Crippen LogP contribution < -0.4 is 5.32 Å². The first-order valence-electron chi connectivity index (χ1n) is 6.92. The summed E-state index contributed by atoms with van der Waals surface area (Å²) in [5, 5.41) is 3.42. The molecule has 2 heterocycles. The third-order valence-electron chi connectivity index (χ3n) is 3.94. The first-order chi connectivity index (χ1) is 8.38. The lowest BCUT2D eigenvalue weighted by Crippen LogP contribution is -2.45. The maximum Gasteiger partial charge on any atom is 0.121 e. The normalized spacial score (nSPS) is 21.3. The van der Waals surface area contributed by atoms with Crippen LogP contribution in [-0.2, 0) is 6.42 Å². The molecule has 1 aromatic rings. The Morgan fingerprint density at radius 1 is 1.26 bits per heavy atom. The highest BCUT2D eigenvalue weighted by atomic mass is 35.5. The van der Waals surface area contributed by atoms with Crippen LogP contribution in [-0.4, -0.2) is 31.1 Å². The monoisotopic (exact) mass is 306 g/mol. The first kappa shape index (κ1) is 16.8. The third-order valence-corrected chi connectivity index (χ3v) is 3.94. The molecule has 0 amide bonds. The largest absolute Gasteiger partial charge is 0.464 e. The lowest BCUT2D eigenvalue weighted by molar-refractivity contribution is 0.136. The number of piperazine rings is 1. The molecule has 0 spiro atoms. The van der Waals surface area contributed by atoms with Crippen molar-refractivity contribution in [2.75, 3.05) is 26.2 Å². The van der Waals surface area contributed by atoms with Crippen LogP contribution >= 0.6 is 24.8 Å². The van der Waals surface area contributed by atoms with Gasteiger partial charge in [-0.3, -0.25) is 4.90 Å². The average molecular weight is 307 g/mol. The van der Waals surface area contributed by atoms with Gasteiger partial charge in [0, 0.05) is 32.6 Å². The van der Waals surface area contributed by atoms with E-state index in [9.17, 15) is 0 Å². The van der Waals surface area contributed by atoms with Gasteiger partial charge in [-0.1, -0.05) is 6.92 Å². The molecule has 2 fully saturated rings. The van der Waals surface area contributed by atoms with E-state index in [0.717, 1.165) is 44.3 Å². The molecular weight excluding hydrogens is 283 g/mol. The van der Waals surface area contributed by atoms with Gasteiger partial charge >= 0.3 is 0 Å². The van der Waals surface area contributed by atoms with Crippen LogP contribution in [0.25, 0.3) is 0 Å². The number of halogens is 2. The molecule has 3 rings (SSSR count). The highest BCUT2D eigenvalue weighted by Gasteiger charge is 2.38. The molecule has 3 nitrogen and oxygen atoms in total. The van der Waals surface area contributed by atoms with E-state index < -0.39 is 0 Å². The number of furan rings is 1. The maximum absolute atomic E-state index is 5.99. The van der Waals surface area contributed by atoms with Crippen LogP contribution in [0.3, 0.4) is 0 Å². The molecule has 1 saturated carbocycles. The van der Waals surface area contributed by atoms with Crippen LogP contribution in [0.5, 0.6) is 0 Å². The highest BCUT2D eigenvalue weighted by Crippen LogP contribution is 2.45. The fourth-order valence-electron chi connectivity index (χ4n) is 2.83. The average Bonchev–Trinajstić information content (AvgIpc) is 3.09. The van der Waals surface area contributed by atoms with Gasteiger partial charge in [0.15, 0.2) is 0 Å². The first-order valence-corrected chi connectivity index (χ1v) is 6.92. The Morgan fingerprint density at radius 2 is 1.95 bits per heavy atom. The summed E-state index contributed by atoms with van der Waals surface area (Å²) < 4.78 is 5.99. The van der Waals surface area contributed by atoms with Gasteiger partial charge in [-0.25, -0.2) is 0 Å². The second-order valence-electron chi connectivity index (χ2n) is 5.23. The standard InChI is InChI=1S/C14H22N2O.2ClH/c1-2-12-5-6-13(17-12)14(11-3-4-11)16-9-7-15-8-10-16;;/h5-6,11,14-15H,2-4,7-10H2,1H3;2*1H/t14-;;/m1../s1. The third kappa shape index (κ3) is 3.88. The molecule has 0 unspecified atom stereocenters. The SMILES string of the molecule is CCc1ccc([C@@H](C2CC2)N2CCNCC2)o1.Cl.Cl. The van der Waals surface area contributed by atoms with E-state index in [0.29, 0.717) is 6.04 Å². The van der Waals surface area contributed by atoms with E-state index in [1.165, 1.54) is 18.6 Å². The molecule has 1 aliphatic carbocycles. The number of aryl methyl sites for hydroxylation is 1. The Morgan fingerprint density at radius 3 is 2.47 bits per heavy atom. The van der Waals surface area contributed by atoms with Gasteiger partial charge in [-0.05, 0) is 30.9 Å². The lowest BCUT2D eigenvalue weighted by atomic mass is 10.1. The summed E-state index contributed by atoms with van der Waals surface area (Å²) in [4.78, 5) is 2.60. The molecule has 19 heavy (non-hydrogen) atoms. The Balaban J connectivity index is 0.000000902. The van der Waals surface area contributed by atoms with Crippen LogP contribution in [0, 0.1) is 5.92 Å². The van der Waals surface area contributed by atoms with Gasteiger partial charge in [0.05, 0.1) is 6.04 Å². The Hall–Kier alpha value is -0.220. The fourth-order valence-corrected chi connectivity index (χ4v) is 2.83. The quantitative estimate of drug-likeness (QED) is 0.927. The maximum atomic E-state index is 5.99. The van der Waals surface area contributed by atoms with E-state index in [1.54, 1.807) is 0 Å². The van der Waals surface area contributed by atoms with Gasteiger partial charge in [-0.2, -0.15) is 0 Å². The lowest BCUT2D eigenvalue weighted by Gasteiger charge is -2.34. The molecule has 0 radical (unpaired) electrons. The molecule has 2 aliphatic rings. The van der Waals surface area contributed by atoms with Crippen LogP contribution in [0.1, 0.15) is 37.3 Å². The fraction of sp³-hybridized carbons (Fsp3) is 0.714. The van der Waals surface area contributed by atoms with Gasteiger partial charge in [0.2, 0.25) is 0 Å². The summed E-state index contributed by atoms with van der Waals surface area (Å²) in [5.74, 6) is 3.16. The summed E-state index contributed by atoms with van der Waals surface area (Å²) in [6, 6.07) is 4.88. The number of nitrogens with one attached hydrogen (secondary N) is 1. The van der Waals surface area contributed by atoms with Crippen molar-refractivity contribution in [2.45, 2.75) is 32.2 Å². The van der Waals surface area contributed by atoms with Crippen molar-refractivity contribution in [3.05, 3.63) is 23.7 Å². The van der Waals surface area contributed by atoms with Gasteiger partial charge in [-0.15, -0.1) is 24.8 Å². The van der Waals surface area contributed by atoms with Crippen molar-refractivity contribution in [3.8, 4) is 0 Å². The zero-order chi connectivity index (χ0) is 11.7. The minimum atomic E-state index is 0. The Kier molecular flexibility index (Phi) is 6.67. The molecule has 1 atom stereocenters. The number of nitrogens with zero attached hydrogens (tertiary/aromatic N) is 1. The van der Waals surface area contributed by atoms with E-state index >= 15 is 0 Å². The highest BCUT2D eigenvalue weighted by molar-refractivity contribution is 5.85. The van der Waals surface area contributed by atoms with E-state index in [1.807, 2.05) is 0 Å².